The van der Waals surface area contributed by atoms with Gasteiger partial charge in [0.05, 0.1) is 18.3 Å². The van der Waals surface area contributed by atoms with Gasteiger partial charge in [-0.3, -0.25) is 0 Å². The van der Waals surface area contributed by atoms with Crippen LogP contribution in [0.4, 0.5) is 0 Å². The van der Waals surface area contributed by atoms with Crippen LogP contribution in [0.2, 0.25) is 0 Å². The van der Waals surface area contributed by atoms with Crippen LogP contribution in [0.25, 0.3) is 0 Å². The Morgan fingerprint density at radius 2 is 1.79 bits per heavy atom. The molecule has 2 aromatic heterocycles. The van der Waals surface area contributed by atoms with E-state index in [0.717, 1.165) is 16.0 Å². The average molecular weight is 361 g/mol. The van der Waals surface area contributed by atoms with Crippen molar-refractivity contribution in [2.24, 2.45) is 0 Å². The number of hydrogen-bond donors (Lipinski definition) is 0. The van der Waals surface area contributed by atoms with E-state index < -0.39 is 10.0 Å². The lowest BCUT2D eigenvalue weighted by atomic mass is 10.2. The Labute approximate surface area is 146 Å². The van der Waals surface area contributed by atoms with E-state index in [1.807, 2.05) is 47.8 Å². The molecule has 0 saturated heterocycles. The molecule has 0 radical (unpaired) electrons. The molecule has 0 fully saturated rings. The molecular formula is C18H19NO3S2. The summed E-state index contributed by atoms with van der Waals surface area (Å²) >= 11 is 1.56. The smallest absolute Gasteiger partial charge is 0.215 e. The second-order valence-electron chi connectivity index (χ2n) is 5.53. The number of thiophene rings is 1. The minimum atomic E-state index is -3.37. The summed E-state index contributed by atoms with van der Waals surface area (Å²) in [4.78, 5) is 1.03. The van der Waals surface area contributed by atoms with Crippen molar-refractivity contribution >= 4 is 21.4 Å². The zero-order valence-corrected chi connectivity index (χ0v) is 14.8. The Morgan fingerprint density at radius 3 is 2.46 bits per heavy atom. The molecule has 3 rings (SSSR count). The van der Waals surface area contributed by atoms with E-state index in [9.17, 15) is 8.42 Å². The molecule has 0 bridgehead atoms. The van der Waals surface area contributed by atoms with Crippen LogP contribution in [-0.2, 0) is 29.5 Å². The fraction of sp³-hybridized carbons (Fsp3) is 0.222. The number of rotatable bonds is 8. The van der Waals surface area contributed by atoms with Crippen LogP contribution in [0, 0.1) is 0 Å². The summed E-state index contributed by atoms with van der Waals surface area (Å²) in [5, 5.41) is 1.96. The lowest BCUT2D eigenvalue weighted by Crippen LogP contribution is -2.32. The van der Waals surface area contributed by atoms with E-state index >= 15 is 0 Å². The van der Waals surface area contributed by atoms with Gasteiger partial charge in [-0.05, 0) is 29.5 Å². The van der Waals surface area contributed by atoms with Gasteiger partial charge in [-0.25, -0.2) is 8.42 Å². The maximum Gasteiger partial charge on any atom is 0.215 e. The van der Waals surface area contributed by atoms with Crippen molar-refractivity contribution < 1.29 is 12.8 Å². The Kier molecular flexibility index (Phi) is 5.50. The van der Waals surface area contributed by atoms with Gasteiger partial charge in [0.25, 0.3) is 0 Å². The number of furan rings is 1. The van der Waals surface area contributed by atoms with Gasteiger partial charge in [0.2, 0.25) is 10.0 Å². The molecule has 126 valence electrons. The third kappa shape index (κ3) is 4.56. The van der Waals surface area contributed by atoms with Crippen LogP contribution in [0.15, 0.2) is 70.9 Å². The van der Waals surface area contributed by atoms with Crippen LogP contribution >= 0.6 is 11.3 Å². The van der Waals surface area contributed by atoms with Gasteiger partial charge in [0.15, 0.2) is 0 Å². The molecule has 3 aromatic rings. The quantitative estimate of drug-likeness (QED) is 0.611. The van der Waals surface area contributed by atoms with Crippen molar-refractivity contribution in [2.75, 3.05) is 5.75 Å². The second kappa shape index (κ2) is 7.79. The Morgan fingerprint density at radius 1 is 0.958 bits per heavy atom. The molecule has 4 nitrogen and oxygen atoms in total. The highest BCUT2D eigenvalue weighted by Gasteiger charge is 2.23. The third-order valence-electron chi connectivity index (χ3n) is 3.74. The van der Waals surface area contributed by atoms with Crippen LogP contribution < -0.4 is 0 Å². The summed E-state index contributed by atoms with van der Waals surface area (Å²) < 4.78 is 32.3. The van der Waals surface area contributed by atoms with E-state index in [1.165, 1.54) is 4.31 Å². The van der Waals surface area contributed by atoms with Crippen molar-refractivity contribution in [2.45, 2.75) is 19.5 Å². The Hall–Kier alpha value is -1.89. The van der Waals surface area contributed by atoms with Gasteiger partial charge in [0.1, 0.15) is 0 Å². The normalized spacial score (nSPS) is 11.9. The molecule has 0 atom stereocenters. The maximum atomic E-state index is 12.9. The monoisotopic (exact) mass is 361 g/mol. The first kappa shape index (κ1) is 17.0. The van der Waals surface area contributed by atoms with E-state index in [0.29, 0.717) is 19.5 Å². The first-order valence-corrected chi connectivity index (χ1v) is 10.2. The molecule has 24 heavy (non-hydrogen) atoms. The predicted molar refractivity (Wildman–Crippen MR) is 96.2 cm³/mol. The second-order valence-corrected chi connectivity index (χ2v) is 8.65. The summed E-state index contributed by atoms with van der Waals surface area (Å²) in [6.45, 7) is 0.714. The molecule has 0 aliphatic heterocycles. The van der Waals surface area contributed by atoms with E-state index in [-0.39, 0.29) is 5.75 Å². The molecule has 0 aliphatic rings. The van der Waals surface area contributed by atoms with E-state index in [4.69, 9.17) is 4.42 Å². The molecule has 0 unspecified atom stereocenters. The summed E-state index contributed by atoms with van der Waals surface area (Å²) in [6, 6.07) is 15.4. The molecular weight excluding hydrogens is 342 g/mol. The first-order valence-electron chi connectivity index (χ1n) is 7.69. The number of aryl methyl sites for hydroxylation is 1. The first-order chi connectivity index (χ1) is 11.6. The molecule has 0 saturated carbocycles. The summed E-state index contributed by atoms with van der Waals surface area (Å²) in [6.07, 6.45) is 3.67. The van der Waals surface area contributed by atoms with Gasteiger partial charge in [-0.15, -0.1) is 11.3 Å². The fourth-order valence-electron chi connectivity index (χ4n) is 2.44. The van der Waals surface area contributed by atoms with Crippen LogP contribution in [0.1, 0.15) is 16.0 Å². The zero-order chi connectivity index (χ0) is 16.8. The average Bonchev–Trinajstić information content (AvgIpc) is 3.27. The van der Waals surface area contributed by atoms with Gasteiger partial charge in [-0.2, -0.15) is 4.31 Å². The van der Waals surface area contributed by atoms with Gasteiger partial charge in [-0.1, -0.05) is 36.4 Å². The van der Waals surface area contributed by atoms with Gasteiger partial charge < -0.3 is 4.42 Å². The van der Waals surface area contributed by atoms with Crippen molar-refractivity contribution in [3.63, 3.8) is 0 Å². The van der Waals surface area contributed by atoms with Crippen LogP contribution in [0.5, 0.6) is 0 Å². The van der Waals surface area contributed by atoms with Gasteiger partial charge in [0, 0.05) is 23.5 Å². The van der Waals surface area contributed by atoms with Crippen molar-refractivity contribution in [3.05, 3.63) is 82.4 Å². The van der Waals surface area contributed by atoms with Gasteiger partial charge >= 0.3 is 0 Å². The SMILES string of the molecule is O=S(=O)(CCc1ccccc1)N(Cc1ccoc1)Cc1cccs1. The minimum Gasteiger partial charge on any atom is -0.472 e. The summed E-state index contributed by atoms with van der Waals surface area (Å²) in [5.41, 5.74) is 1.88. The largest absolute Gasteiger partial charge is 0.472 e. The molecule has 0 amide bonds. The Bertz CT molecular complexity index is 790. The maximum absolute atomic E-state index is 12.9. The molecule has 2 heterocycles. The van der Waals surface area contributed by atoms with Crippen LogP contribution in [-0.4, -0.2) is 18.5 Å². The van der Waals surface area contributed by atoms with Crippen molar-refractivity contribution in [1.82, 2.24) is 4.31 Å². The Balaban J connectivity index is 1.74. The van der Waals surface area contributed by atoms with Crippen molar-refractivity contribution in [3.8, 4) is 0 Å². The number of nitrogens with zero attached hydrogens (tertiary/aromatic N) is 1. The number of benzene rings is 1. The number of hydrogen-bond acceptors (Lipinski definition) is 4. The molecule has 0 spiro atoms. The summed E-state index contributed by atoms with van der Waals surface area (Å²) in [7, 11) is -3.37. The van der Waals surface area contributed by atoms with Crippen molar-refractivity contribution in [1.29, 1.82) is 0 Å². The molecule has 0 N–H and O–H groups in total. The summed E-state index contributed by atoms with van der Waals surface area (Å²) in [5.74, 6) is 0.0975. The lowest BCUT2D eigenvalue weighted by Gasteiger charge is -2.21. The lowest BCUT2D eigenvalue weighted by molar-refractivity contribution is 0.402. The van der Waals surface area contributed by atoms with E-state index in [1.54, 1.807) is 29.9 Å². The molecule has 0 aliphatic carbocycles. The number of sulfonamides is 1. The van der Waals surface area contributed by atoms with E-state index in [2.05, 4.69) is 0 Å². The zero-order valence-electron chi connectivity index (χ0n) is 13.2. The molecule has 6 heteroatoms. The predicted octanol–water partition coefficient (Wildman–Crippen LogP) is 3.92. The van der Waals surface area contributed by atoms with Crippen LogP contribution in [0.3, 0.4) is 0 Å². The minimum absolute atomic E-state index is 0.0975. The third-order valence-corrected chi connectivity index (χ3v) is 6.36. The highest BCUT2D eigenvalue weighted by Crippen LogP contribution is 2.19. The topological polar surface area (TPSA) is 50.5 Å². The molecule has 1 aromatic carbocycles. The highest BCUT2D eigenvalue weighted by molar-refractivity contribution is 7.89. The standard InChI is InChI=1S/C18H19NO3S2/c20-24(21,12-9-16-5-2-1-3-6-16)19(13-17-8-10-22-15-17)14-18-7-4-11-23-18/h1-8,10-11,15H,9,12-14H2. The highest BCUT2D eigenvalue weighted by atomic mass is 32.2. The fourth-order valence-corrected chi connectivity index (χ4v) is 4.67.